The van der Waals surface area contributed by atoms with E-state index in [9.17, 15) is 14.7 Å². The van der Waals surface area contributed by atoms with E-state index in [-0.39, 0.29) is 11.5 Å². The van der Waals surface area contributed by atoms with Gasteiger partial charge in [-0.3, -0.25) is 9.78 Å². The van der Waals surface area contributed by atoms with Crippen LogP contribution in [0.5, 0.6) is 17.2 Å². The van der Waals surface area contributed by atoms with Crippen molar-refractivity contribution in [1.82, 2.24) is 9.99 Å². The van der Waals surface area contributed by atoms with Crippen molar-refractivity contribution in [1.29, 1.82) is 0 Å². The van der Waals surface area contributed by atoms with Gasteiger partial charge in [0.25, 0.3) is 0 Å². The minimum Gasteiger partial charge on any atom is -0.508 e. The Morgan fingerprint density at radius 3 is 2.46 bits per heavy atom. The number of ether oxygens (including phenoxy) is 2. The van der Waals surface area contributed by atoms with Crippen molar-refractivity contribution in [3.63, 3.8) is 0 Å². The fraction of sp³-hybridized carbons (Fsp3) is 0.133. The Labute approximate surface area is 225 Å². The Morgan fingerprint density at radius 1 is 0.974 bits per heavy atom. The Hall–Kier alpha value is -5.18. The number of pyridine rings is 1. The summed E-state index contributed by atoms with van der Waals surface area (Å²) in [6.45, 7) is 0. The fourth-order valence-electron chi connectivity index (χ4n) is 4.45. The van der Waals surface area contributed by atoms with Crippen LogP contribution in [0.2, 0.25) is 0 Å². The minimum absolute atomic E-state index is 0.0822. The molecule has 39 heavy (non-hydrogen) atoms. The first-order valence-electron chi connectivity index (χ1n) is 12.2. The summed E-state index contributed by atoms with van der Waals surface area (Å²) in [5.41, 5.74) is 3.33. The van der Waals surface area contributed by atoms with Crippen molar-refractivity contribution >= 4 is 23.2 Å². The van der Waals surface area contributed by atoms with Crippen molar-refractivity contribution in [2.24, 2.45) is 5.10 Å². The molecule has 0 fully saturated rings. The average molecular weight is 523 g/mol. The highest BCUT2D eigenvalue weighted by Gasteiger charge is 2.34. The lowest BCUT2D eigenvalue weighted by Crippen LogP contribution is -2.31. The smallest absolute Gasteiger partial charge is 0.342 e. The maximum Gasteiger partial charge on any atom is 0.342 e. The van der Waals surface area contributed by atoms with Crippen LogP contribution < -0.4 is 14.8 Å². The number of para-hydroxylation sites is 1. The molecule has 5 rings (SSSR count). The summed E-state index contributed by atoms with van der Waals surface area (Å²) in [5, 5.41) is 19.3. The van der Waals surface area contributed by atoms with E-state index in [1.807, 2.05) is 6.07 Å². The number of ketones is 1. The van der Waals surface area contributed by atoms with Gasteiger partial charge in [-0.1, -0.05) is 24.3 Å². The molecule has 196 valence electrons. The maximum absolute atomic E-state index is 13.4. The Balaban J connectivity index is 1.38. The van der Waals surface area contributed by atoms with E-state index in [1.54, 1.807) is 85.2 Å². The second-order valence-electron chi connectivity index (χ2n) is 8.81. The molecule has 0 bridgehead atoms. The predicted molar refractivity (Wildman–Crippen MR) is 147 cm³/mol. The van der Waals surface area contributed by atoms with Gasteiger partial charge in [0.15, 0.2) is 5.78 Å². The van der Waals surface area contributed by atoms with E-state index in [4.69, 9.17) is 9.47 Å². The average Bonchev–Trinajstić information content (AvgIpc) is 3.43. The number of carbonyl (C=O) groups excluding carboxylic acids is 2. The molecule has 1 aliphatic heterocycles. The van der Waals surface area contributed by atoms with E-state index in [1.165, 1.54) is 19.2 Å². The second kappa shape index (κ2) is 11.1. The molecule has 0 saturated heterocycles. The molecular weight excluding hydrogens is 496 g/mol. The largest absolute Gasteiger partial charge is 0.508 e. The molecule has 0 aliphatic carbocycles. The van der Waals surface area contributed by atoms with Gasteiger partial charge in [-0.25, -0.2) is 9.80 Å². The third kappa shape index (κ3) is 5.28. The number of aromatic hydroxyl groups is 1. The SMILES string of the molecule is COc1ccc(OC)c(C(=O)c2ccc(NC(=O)N3N=C(c4cccnc4)CC3c3ccccc3O)cc2)c1. The lowest BCUT2D eigenvalue weighted by atomic mass is 9.98. The van der Waals surface area contributed by atoms with Gasteiger partial charge in [0.05, 0.1) is 31.5 Å². The number of hydrogen-bond donors (Lipinski definition) is 2. The van der Waals surface area contributed by atoms with Gasteiger partial charge in [0, 0.05) is 41.2 Å². The normalized spacial score (nSPS) is 14.5. The summed E-state index contributed by atoms with van der Waals surface area (Å²) in [4.78, 5) is 30.7. The molecule has 0 saturated carbocycles. The van der Waals surface area contributed by atoms with Gasteiger partial charge in [-0.15, -0.1) is 0 Å². The first-order valence-corrected chi connectivity index (χ1v) is 12.2. The summed E-state index contributed by atoms with van der Waals surface area (Å²) in [5.74, 6) is 0.816. The zero-order valence-corrected chi connectivity index (χ0v) is 21.4. The molecule has 1 atom stereocenters. The number of amides is 2. The first-order chi connectivity index (χ1) is 19.0. The second-order valence-corrected chi connectivity index (χ2v) is 8.81. The van der Waals surface area contributed by atoms with Gasteiger partial charge in [-0.05, 0) is 54.6 Å². The van der Waals surface area contributed by atoms with Crippen LogP contribution in [0.25, 0.3) is 0 Å². The first kappa shape index (κ1) is 25.5. The van der Waals surface area contributed by atoms with E-state index in [2.05, 4.69) is 15.4 Å². The Bertz CT molecular complexity index is 1540. The van der Waals surface area contributed by atoms with Crippen molar-refractivity contribution in [2.45, 2.75) is 12.5 Å². The molecular formula is C30H26N4O5. The number of anilines is 1. The molecule has 0 radical (unpaired) electrons. The molecule has 3 aromatic carbocycles. The van der Waals surface area contributed by atoms with E-state index in [0.717, 1.165) is 5.56 Å². The number of nitrogens with one attached hydrogen (secondary N) is 1. The van der Waals surface area contributed by atoms with Crippen molar-refractivity contribution in [2.75, 3.05) is 19.5 Å². The van der Waals surface area contributed by atoms with E-state index >= 15 is 0 Å². The van der Waals surface area contributed by atoms with Crippen LogP contribution in [0.1, 0.15) is 39.5 Å². The van der Waals surface area contributed by atoms with Crippen LogP contribution in [-0.4, -0.2) is 46.8 Å². The zero-order valence-electron chi connectivity index (χ0n) is 21.4. The summed E-state index contributed by atoms with van der Waals surface area (Å²) >= 11 is 0. The lowest BCUT2D eigenvalue weighted by Gasteiger charge is -2.23. The number of hydrogen-bond acceptors (Lipinski definition) is 7. The summed E-state index contributed by atoms with van der Waals surface area (Å²) in [6.07, 6.45) is 3.77. The number of benzene rings is 3. The summed E-state index contributed by atoms with van der Waals surface area (Å²) in [7, 11) is 3.03. The van der Waals surface area contributed by atoms with Gasteiger partial charge in [-0.2, -0.15) is 5.10 Å². The fourth-order valence-corrected chi connectivity index (χ4v) is 4.45. The predicted octanol–water partition coefficient (Wildman–Crippen LogP) is 5.42. The summed E-state index contributed by atoms with van der Waals surface area (Å²) in [6, 6.07) is 21.2. The monoisotopic (exact) mass is 522 g/mol. The third-order valence-electron chi connectivity index (χ3n) is 6.46. The molecule has 9 heteroatoms. The number of aromatic nitrogens is 1. The third-order valence-corrected chi connectivity index (χ3v) is 6.46. The number of phenols is 1. The summed E-state index contributed by atoms with van der Waals surface area (Å²) < 4.78 is 10.6. The number of rotatable bonds is 7. The van der Waals surface area contributed by atoms with Gasteiger partial charge in [0.1, 0.15) is 17.2 Å². The van der Waals surface area contributed by atoms with Crippen LogP contribution in [0.3, 0.4) is 0 Å². The van der Waals surface area contributed by atoms with Crippen molar-refractivity contribution < 1.29 is 24.2 Å². The van der Waals surface area contributed by atoms with Gasteiger partial charge in [0.2, 0.25) is 0 Å². The van der Waals surface area contributed by atoms with Gasteiger partial charge >= 0.3 is 6.03 Å². The van der Waals surface area contributed by atoms with Crippen molar-refractivity contribution in [3.8, 4) is 17.2 Å². The lowest BCUT2D eigenvalue weighted by molar-refractivity contribution is 0.103. The van der Waals surface area contributed by atoms with Crippen LogP contribution in [0.4, 0.5) is 10.5 Å². The number of hydrazone groups is 1. The highest BCUT2D eigenvalue weighted by molar-refractivity contribution is 6.11. The molecule has 1 unspecified atom stereocenters. The number of phenolic OH excluding ortho intramolecular Hbond substituents is 1. The standard InChI is InChI=1S/C30H26N4O5/c1-38-22-13-14-28(39-2)24(16-22)29(36)19-9-11-21(12-10-19)32-30(37)34-26(23-7-3-4-8-27(23)35)17-25(33-34)20-6-5-15-31-18-20/h3-16,18,26,35H,17H2,1-2H3,(H,32,37). The van der Waals surface area contributed by atoms with Crippen LogP contribution >= 0.6 is 0 Å². The number of nitrogens with zero attached hydrogens (tertiary/aromatic N) is 3. The number of urea groups is 1. The topological polar surface area (TPSA) is 113 Å². The molecule has 2 amide bonds. The van der Waals surface area contributed by atoms with E-state index < -0.39 is 12.1 Å². The van der Waals surface area contributed by atoms with Crippen molar-refractivity contribution in [3.05, 3.63) is 114 Å². The minimum atomic E-state index is -0.511. The van der Waals surface area contributed by atoms with Gasteiger partial charge < -0.3 is 19.9 Å². The highest BCUT2D eigenvalue weighted by Crippen LogP contribution is 2.37. The highest BCUT2D eigenvalue weighted by atomic mass is 16.5. The Morgan fingerprint density at radius 2 is 1.77 bits per heavy atom. The Kier molecular flexibility index (Phi) is 7.22. The zero-order chi connectivity index (χ0) is 27.4. The van der Waals surface area contributed by atoms with Crippen LogP contribution in [-0.2, 0) is 0 Å². The molecule has 9 nitrogen and oxygen atoms in total. The van der Waals surface area contributed by atoms with Crippen LogP contribution in [0, 0.1) is 0 Å². The van der Waals surface area contributed by atoms with Crippen LogP contribution in [0.15, 0.2) is 96.4 Å². The molecule has 2 heterocycles. The van der Waals surface area contributed by atoms with E-state index in [0.29, 0.717) is 46.0 Å². The molecule has 0 spiro atoms. The molecule has 4 aromatic rings. The number of carbonyl (C=O) groups is 2. The quantitative estimate of drug-likeness (QED) is 0.314. The maximum atomic E-state index is 13.4. The molecule has 1 aromatic heterocycles. The molecule has 1 aliphatic rings. The number of methoxy groups -OCH3 is 2. The molecule has 2 N–H and O–H groups in total.